The number of aliphatic hydroxyl groups is 1. The van der Waals surface area contributed by atoms with Crippen molar-refractivity contribution < 1.29 is 23.0 Å². The largest absolute Gasteiger partial charge is 0.417 e. The second-order valence-electron chi connectivity index (χ2n) is 1.25. The lowest BCUT2D eigenvalue weighted by atomic mass is 10.7. The summed E-state index contributed by atoms with van der Waals surface area (Å²) in [5.74, 6) is 0. The zero-order valence-electron chi connectivity index (χ0n) is 4.48. The van der Waals surface area contributed by atoms with E-state index in [0.29, 0.717) is 0 Å². The van der Waals surface area contributed by atoms with Gasteiger partial charge in [-0.1, -0.05) is 0 Å². The van der Waals surface area contributed by atoms with E-state index in [0.717, 1.165) is 0 Å². The van der Waals surface area contributed by atoms with Crippen LogP contribution in [0.2, 0.25) is 0 Å². The zero-order chi connectivity index (χ0) is 7.33. The van der Waals surface area contributed by atoms with Crippen LogP contribution in [0.15, 0.2) is 0 Å². The summed E-state index contributed by atoms with van der Waals surface area (Å²) in [6, 6.07) is 0. The maximum absolute atomic E-state index is 11.1. The standard InChI is InChI=1S/C4H6F3O2/c5-4(6,7)3-9-2-1-8/h3,8H,1-2H2. The quantitative estimate of drug-likeness (QED) is 0.590. The van der Waals surface area contributed by atoms with Gasteiger partial charge in [-0.25, -0.2) is 0 Å². The van der Waals surface area contributed by atoms with E-state index in [2.05, 4.69) is 4.74 Å². The second-order valence-corrected chi connectivity index (χ2v) is 1.25. The normalized spacial score (nSPS) is 12.0. The molecule has 5 heteroatoms. The first-order valence-corrected chi connectivity index (χ1v) is 2.20. The van der Waals surface area contributed by atoms with Gasteiger partial charge in [-0.05, 0) is 0 Å². The summed E-state index contributed by atoms with van der Waals surface area (Å²) in [5.41, 5.74) is 0. The van der Waals surface area contributed by atoms with Crippen LogP contribution in [-0.4, -0.2) is 24.5 Å². The summed E-state index contributed by atoms with van der Waals surface area (Å²) in [4.78, 5) is 0. The second kappa shape index (κ2) is 3.68. The number of ether oxygens (including phenoxy) is 1. The summed E-state index contributed by atoms with van der Waals surface area (Å²) >= 11 is 0. The summed E-state index contributed by atoms with van der Waals surface area (Å²) in [6.45, 7) is -0.991. The number of aliphatic hydroxyl groups excluding tert-OH is 1. The van der Waals surface area contributed by atoms with Gasteiger partial charge in [-0.15, -0.1) is 0 Å². The Hall–Kier alpha value is -0.290. The van der Waals surface area contributed by atoms with E-state index < -0.39 is 12.8 Å². The molecule has 1 radical (unpaired) electrons. The maximum Gasteiger partial charge on any atom is 0.417 e. The fourth-order valence-electron chi connectivity index (χ4n) is 0.206. The molecule has 0 bridgehead atoms. The molecule has 0 rings (SSSR count). The van der Waals surface area contributed by atoms with Crippen LogP contribution in [0, 0.1) is 6.61 Å². The van der Waals surface area contributed by atoms with E-state index in [9.17, 15) is 13.2 Å². The van der Waals surface area contributed by atoms with Crippen molar-refractivity contribution in [2.24, 2.45) is 0 Å². The van der Waals surface area contributed by atoms with Crippen molar-refractivity contribution in [2.75, 3.05) is 13.2 Å². The van der Waals surface area contributed by atoms with Crippen molar-refractivity contribution in [3.8, 4) is 0 Å². The van der Waals surface area contributed by atoms with E-state index in [1.165, 1.54) is 0 Å². The molecule has 0 aliphatic heterocycles. The van der Waals surface area contributed by atoms with Crippen LogP contribution >= 0.6 is 0 Å². The van der Waals surface area contributed by atoms with Gasteiger partial charge >= 0.3 is 6.18 Å². The first kappa shape index (κ1) is 8.71. The van der Waals surface area contributed by atoms with E-state index in [-0.39, 0.29) is 13.2 Å². The van der Waals surface area contributed by atoms with Gasteiger partial charge < -0.3 is 9.84 Å². The molecule has 0 aliphatic carbocycles. The van der Waals surface area contributed by atoms with Crippen molar-refractivity contribution in [3.63, 3.8) is 0 Å². The molecule has 0 fully saturated rings. The SMILES string of the molecule is OCCO[CH]C(F)(F)F. The fourth-order valence-corrected chi connectivity index (χ4v) is 0.206. The highest BCUT2D eigenvalue weighted by Gasteiger charge is 2.28. The Bertz CT molecular complexity index is 70.7. The Morgan fingerprint density at radius 2 is 2.00 bits per heavy atom. The molecular formula is C4H6F3O2. The van der Waals surface area contributed by atoms with Gasteiger partial charge in [-0.3, -0.25) is 0 Å². The monoisotopic (exact) mass is 143 g/mol. The minimum absolute atomic E-state index is 0.261. The molecule has 0 saturated heterocycles. The van der Waals surface area contributed by atoms with Gasteiger partial charge in [0.05, 0.1) is 13.2 Å². The van der Waals surface area contributed by atoms with Gasteiger partial charge in [0.1, 0.15) is 0 Å². The van der Waals surface area contributed by atoms with Crippen molar-refractivity contribution in [1.29, 1.82) is 0 Å². The van der Waals surface area contributed by atoms with E-state index in [1.54, 1.807) is 0 Å². The van der Waals surface area contributed by atoms with Crippen molar-refractivity contribution in [1.82, 2.24) is 0 Å². The topological polar surface area (TPSA) is 29.5 Å². The van der Waals surface area contributed by atoms with Gasteiger partial charge in [0.2, 0.25) is 0 Å². The third kappa shape index (κ3) is 7.71. The Morgan fingerprint density at radius 1 is 1.44 bits per heavy atom. The maximum atomic E-state index is 11.1. The van der Waals surface area contributed by atoms with Crippen LogP contribution < -0.4 is 0 Å². The van der Waals surface area contributed by atoms with Gasteiger partial charge in [0.15, 0.2) is 6.61 Å². The molecule has 0 aromatic heterocycles. The number of hydrogen-bond acceptors (Lipinski definition) is 2. The lowest BCUT2D eigenvalue weighted by Crippen LogP contribution is -2.12. The zero-order valence-corrected chi connectivity index (χ0v) is 4.48. The molecule has 0 amide bonds. The van der Waals surface area contributed by atoms with Crippen LogP contribution in [0.25, 0.3) is 0 Å². The number of halogens is 3. The van der Waals surface area contributed by atoms with Gasteiger partial charge in [0.25, 0.3) is 0 Å². The Morgan fingerprint density at radius 3 is 2.33 bits per heavy atom. The molecule has 0 aromatic rings. The summed E-state index contributed by atoms with van der Waals surface area (Å²) in [6.07, 6.45) is -4.41. The van der Waals surface area contributed by atoms with E-state index in [4.69, 9.17) is 5.11 Å². The molecule has 0 atom stereocenters. The van der Waals surface area contributed by atoms with Crippen molar-refractivity contribution in [2.45, 2.75) is 6.18 Å². The average molecular weight is 143 g/mol. The molecule has 0 unspecified atom stereocenters. The molecule has 55 valence electrons. The first-order valence-electron chi connectivity index (χ1n) is 2.20. The minimum atomic E-state index is -4.41. The number of rotatable bonds is 3. The molecular weight excluding hydrogens is 137 g/mol. The molecule has 0 saturated carbocycles. The van der Waals surface area contributed by atoms with Gasteiger partial charge in [-0.2, -0.15) is 13.2 Å². The Kier molecular flexibility index (Phi) is 3.56. The predicted molar refractivity (Wildman–Crippen MR) is 23.4 cm³/mol. The third-order valence-electron chi connectivity index (χ3n) is 0.426. The smallest absolute Gasteiger partial charge is 0.394 e. The number of alkyl halides is 3. The lowest BCUT2D eigenvalue weighted by molar-refractivity contribution is -0.139. The molecule has 9 heavy (non-hydrogen) atoms. The fraction of sp³-hybridized carbons (Fsp3) is 0.750. The van der Waals surface area contributed by atoms with Crippen LogP contribution in [-0.2, 0) is 4.74 Å². The van der Waals surface area contributed by atoms with Crippen LogP contribution in [0.4, 0.5) is 13.2 Å². The molecule has 0 aromatic carbocycles. The van der Waals surface area contributed by atoms with Crippen molar-refractivity contribution >= 4 is 0 Å². The highest BCUT2D eigenvalue weighted by molar-refractivity contribution is 4.60. The lowest BCUT2D eigenvalue weighted by Gasteiger charge is -2.03. The highest BCUT2D eigenvalue weighted by Crippen LogP contribution is 2.18. The minimum Gasteiger partial charge on any atom is -0.394 e. The Balaban J connectivity index is 3.07. The van der Waals surface area contributed by atoms with E-state index >= 15 is 0 Å². The molecule has 0 heterocycles. The van der Waals surface area contributed by atoms with Crippen LogP contribution in [0.1, 0.15) is 0 Å². The highest BCUT2D eigenvalue weighted by atomic mass is 19.4. The first-order chi connectivity index (χ1) is 4.06. The summed E-state index contributed by atoms with van der Waals surface area (Å²) in [7, 11) is 0. The summed E-state index contributed by atoms with van der Waals surface area (Å²) < 4.78 is 37.2. The Labute approximate surface area is 50.2 Å². The average Bonchev–Trinajstić information content (AvgIpc) is 1.63. The van der Waals surface area contributed by atoms with E-state index in [1.807, 2.05) is 0 Å². The number of hydrogen-bond donors (Lipinski definition) is 1. The third-order valence-corrected chi connectivity index (χ3v) is 0.426. The van der Waals surface area contributed by atoms with Gasteiger partial charge in [0, 0.05) is 0 Å². The molecule has 0 spiro atoms. The van der Waals surface area contributed by atoms with Crippen LogP contribution in [0.3, 0.4) is 0 Å². The molecule has 0 aliphatic rings. The summed E-state index contributed by atoms with van der Waals surface area (Å²) in [5, 5.41) is 7.95. The molecule has 1 N–H and O–H groups in total. The predicted octanol–water partition coefficient (Wildman–Crippen LogP) is 0.719. The molecule has 2 nitrogen and oxygen atoms in total. The van der Waals surface area contributed by atoms with Crippen LogP contribution in [0.5, 0.6) is 0 Å². The van der Waals surface area contributed by atoms with Crippen molar-refractivity contribution in [3.05, 3.63) is 6.61 Å².